The molecule has 0 amide bonds. The van der Waals surface area contributed by atoms with Gasteiger partial charge in [-0.2, -0.15) is 4.52 Å². The zero-order valence-corrected chi connectivity index (χ0v) is 14.8. The third kappa shape index (κ3) is 3.72. The molecular weight excluding hydrogens is 298 g/mol. The number of hydrogen-bond donors (Lipinski definition) is 1. The van der Waals surface area contributed by atoms with Gasteiger partial charge in [0.2, 0.25) is 0 Å². The molecule has 0 radical (unpaired) electrons. The smallest absolute Gasteiger partial charge is 0.178 e. The number of nitrogens with one attached hydrogen (secondary N) is 1. The monoisotopic (exact) mass is 323 g/mol. The van der Waals surface area contributed by atoms with Gasteiger partial charge in [-0.05, 0) is 37.5 Å². The maximum absolute atomic E-state index is 4.68. The lowest BCUT2D eigenvalue weighted by atomic mass is 9.96. The molecule has 0 saturated heterocycles. The van der Waals surface area contributed by atoms with E-state index in [1.807, 2.05) is 16.6 Å². The van der Waals surface area contributed by atoms with Crippen molar-refractivity contribution in [2.45, 2.75) is 52.0 Å². The van der Waals surface area contributed by atoms with Crippen molar-refractivity contribution in [3.05, 3.63) is 53.9 Å². The molecule has 0 saturated carbocycles. The molecule has 3 aromatic rings. The minimum absolute atomic E-state index is 0.0933. The van der Waals surface area contributed by atoms with Crippen LogP contribution in [0.3, 0.4) is 0 Å². The van der Waals surface area contributed by atoms with E-state index in [4.69, 9.17) is 0 Å². The highest BCUT2D eigenvalue weighted by atomic mass is 15.4. The van der Waals surface area contributed by atoms with Gasteiger partial charge < -0.3 is 5.32 Å². The van der Waals surface area contributed by atoms with Crippen LogP contribution in [0, 0.1) is 0 Å². The number of hydrogen-bond acceptors (Lipinski definition) is 4. The highest BCUT2D eigenvalue weighted by Gasteiger charge is 2.21. The average molecular weight is 323 g/mol. The van der Waals surface area contributed by atoms with Crippen molar-refractivity contribution in [2.75, 3.05) is 5.32 Å². The standard InChI is InChI=1S/C19H25N5/c1-14(10-11-15-8-6-5-7-9-15)20-16-12-13-17-21-22-18(19(2,3)4)24(17)23-16/h5-9,12-14H,10-11H2,1-4H3,(H,20,23). The normalized spacial score (nSPS) is 13.2. The first kappa shape index (κ1) is 16.4. The maximum Gasteiger partial charge on any atom is 0.178 e. The first-order valence-electron chi connectivity index (χ1n) is 8.47. The number of benzene rings is 1. The van der Waals surface area contributed by atoms with Crippen LogP contribution >= 0.6 is 0 Å². The molecule has 0 aliphatic carbocycles. The van der Waals surface area contributed by atoms with Gasteiger partial charge in [-0.1, -0.05) is 51.1 Å². The molecule has 1 unspecified atom stereocenters. The van der Waals surface area contributed by atoms with E-state index in [0.717, 1.165) is 30.1 Å². The summed E-state index contributed by atoms with van der Waals surface area (Å²) in [5.74, 6) is 1.73. The van der Waals surface area contributed by atoms with Gasteiger partial charge >= 0.3 is 0 Å². The molecular formula is C19H25N5. The molecule has 1 atom stereocenters. The Morgan fingerprint density at radius 2 is 1.79 bits per heavy atom. The minimum Gasteiger partial charge on any atom is -0.366 e. The Bertz CT molecular complexity index is 801. The van der Waals surface area contributed by atoms with Gasteiger partial charge in [0.25, 0.3) is 0 Å². The highest BCUT2D eigenvalue weighted by molar-refractivity contribution is 5.44. The number of aromatic nitrogens is 4. The Balaban J connectivity index is 1.70. The lowest BCUT2D eigenvalue weighted by Crippen LogP contribution is -2.20. The summed E-state index contributed by atoms with van der Waals surface area (Å²) in [6.45, 7) is 8.54. The highest BCUT2D eigenvalue weighted by Crippen LogP contribution is 2.21. The molecule has 0 fully saturated rings. The summed E-state index contributed by atoms with van der Waals surface area (Å²) in [6.07, 6.45) is 2.11. The van der Waals surface area contributed by atoms with Crippen LogP contribution in [0.25, 0.3) is 5.65 Å². The second-order valence-electron chi connectivity index (χ2n) is 7.33. The molecule has 3 rings (SSSR count). The second kappa shape index (κ2) is 6.59. The zero-order chi connectivity index (χ0) is 17.2. The van der Waals surface area contributed by atoms with Crippen LogP contribution in [-0.4, -0.2) is 25.9 Å². The van der Waals surface area contributed by atoms with Crippen LogP contribution in [0.5, 0.6) is 0 Å². The molecule has 0 aliphatic heterocycles. The number of rotatable bonds is 5. The topological polar surface area (TPSA) is 55.1 Å². The first-order chi connectivity index (χ1) is 11.4. The lowest BCUT2D eigenvalue weighted by molar-refractivity contribution is 0.526. The fraction of sp³-hybridized carbons (Fsp3) is 0.421. The Hall–Kier alpha value is -2.43. The van der Waals surface area contributed by atoms with E-state index in [1.165, 1.54) is 5.56 Å². The quantitative estimate of drug-likeness (QED) is 0.775. The van der Waals surface area contributed by atoms with Crippen molar-refractivity contribution < 1.29 is 0 Å². The van der Waals surface area contributed by atoms with Crippen LogP contribution in [0.4, 0.5) is 5.82 Å². The van der Waals surface area contributed by atoms with Crippen molar-refractivity contribution in [3.63, 3.8) is 0 Å². The maximum atomic E-state index is 4.68. The number of fused-ring (bicyclic) bond motifs is 1. The molecule has 0 spiro atoms. The summed E-state index contributed by atoms with van der Waals surface area (Å²) >= 11 is 0. The van der Waals surface area contributed by atoms with Crippen molar-refractivity contribution in [1.29, 1.82) is 0 Å². The largest absolute Gasteiger partial charge is 0.366 e. The summed E-state index contributed by atoms with van der Waals surface area (Å²) in [5, 5.41) is 16.7. The van der Waals surface area contributed by atoms with Crippen LogP contribution in [0.2, 0.25) is 0 Å². The molecule has 0 bridgehead atoms. The fourth-order valence-corrected chi connectivity index (χ4v) is 2.69. The van der Waals surface area contributed by atoms with Gasteiger partial charge in [0, 0.05) is 11.5 Å². The first-order valence-corrected chi connectivity index (χ1v) is 8.47. The Morgan fingerprint density at radius 1 is 1.04 bits per heavy atom. The summed E-state index contributed by atoms with van der Waals surface area (Å²) in [6, 6.07) is 14.8. The molecule has 2 aromatic heterocycles. The molecule has 2 heterocycles. The molecule has 24 heavy (non-hydrogen) atoms. The molecule has 126 valence electrons. The van der Waals surface area contributed by atoms with Gasteiger partial charge in [0.05, 0.1) is 0 Å². The number of anilines is 1. The second-order valence-corrected chi connectivity index (χ2v) is 7.33. The van der Waals surface area contributed by atoms with E-state index in [9.17, 15) is 0 Å². The molecule has 1 aromatic carbocycles. The number of aryl methyl sites for hydroxylation is 1. The van der Waals surface area contributed by atoms with Gasteiger partial charge in [-0.15, -0.1) is 15.3 Å². The number of nitrogens with zero attached hydrogens (tertiary/aromatic N) is 4. The fourth-order valence-electron chi connectivity index (χ4n) is 2.69. The third-order valence-electron chi connectivity index (χ3n) is 4.04. The van der Waals surface area contributed by atoms with Crippen molar-refractivity contribution in [3.8, 4) is 0 Å². The summed E-state index contributed by atoms with van der Waals surface area (Å²) in [4.78, 5) is 0. The SMILES string of the molecule is CC(CCc1ccccc1)Nc1ccc2nnc(C(C)(C)C)n2n1. The Kier molecular flexibility index (Phi) is 4.51. The molecule has 1 N–H and O–H groups in total. The average Bonchev–Trinajstić information content (AvgIpc) is 2.97. The van der Waals surface area contributed by atoms with Gasteiger partial charge in [0.15, 0.2) is 11.5 Å². The van der Waals surface area contributed by atoms with E-state index in [2.05, 4.69) is 78.6 Å². The molecule has 5 heteroatoms. The van der Waals surface area contributed by atoms with Crippen molar-refractivity contribution >= 4 is 11.5 Å². The Labute approximate surface area is 143 Å². The summed E-state index contributed by atoms with van der Waals surface area (Å²) in [7, 11) is 0. The van der Waals surface area contributed by atoms with Gasteiger partial charge in [-0.25, -0.2) is 0 Å². The van der Waals surface area contributed by atoms with Crippen LogP contribution < -0.4 is 5.32 Å². The van der Waals surface area contributed by atoms with E-state index < -0.39 is 0 Å². The van der Waals surface area contributed by atoms with E-state index in [1.54, 1.807) is 0 Å². The zero-order valence-electron chi connectivity index (χ0n) is 14.8. The van der Waals surface area contributed by atoms with Crippen LogP contribution in [0.1, 0.15) is 45.5 Å². The minimum atomic E-state index is -0.0933. The predicted molar refractivity (Wildman–Crippen MR) is 97.3 cm³/mol. The van der Waals surface area contributed by atoms with E-state index in [-0.39, 0.29) is 5.41 Å². The molecule has 5 nitrogen and oxygen atoms in total. The Morgan fingerprint density at radius 3 is 2.50 bits per heavy atom. The molecule has 0 aliphatic rings. The van der Waals surface area contributed by atoms with E-state index >= 15 is 0 Å². The predicted octanol–water partition coefficient (Wildman–Crippen LogP) is 3.86. The lowest BCUT2D eigenvalue weighted by Gasteiger charge is -2.17. The summed E-state index contributed by atoms with van der Waals surface area (Å²) < 4.78 is 1.84. The van der Waals surface area contributed by atoms with Crippen LogP contribution in [0.15, 0.2) is 42.5 Å². The van der Waals surface area contributed by atoms with E-state index in [0.29, 0.717) is 6.04 Å². The van der Waals surface area contributed by atoms with Gasteiger partial charge in [0.1, 0.15) is 5.82 Å². The van der Waals surface area contributed by atoms with Crippen LogP contribution in [-0.2, 0) is 11.8 Å². The summed E-state index contributed by atoms with van der Waals surface area (Å²) in [5.41, 5.74) is 2.05. The van der Waals surface area contributed by atoms with Crippen molar-refractivity contribution in [1.82, 2.24) is 19.8 Å². The van der Waals surface area contributed by atoms with Crippen molar-refractivity contribution in [2.24, 2.45) is 0 Å². The third-order valence-corrected chi connectivity index (χ3v) is 4.04. The van der Waals surface area contributed by atoms with Gasteiger partial charge in [-0.3, -0.25) is 0 Å².